The van der Waals surface area contributed by atoms with E-state index in [2.05, 4.69) is 0 Å². The Kier molecular flexibility index (Phi) is 13.4. The minimum Gasteiger partial charge on any atom is -0.463 e. The van der Waals surface area contributed by atoms with Crippen LogP contribution < -0.4 is 0 Å². The molecule has 18 heteroatoms. The predicted octanol–water partition coefficient (Wildman–Crippen LogP) is -1.40. The van der Waals surface area contributed by atoms with E-state index in [1.807, 2.05) is 0 Å². The summed E-state index contributed by atoms with van der Waals surface area (Å²) >= 11 is 0. The van der Waals surface area contributed by atoms with Gasteiger partial charge in [0.25, 0.3) is 0 Å². The SMILES string of the molecule is CC(=O)OC[C@H]1O[C@H](OC[C@@H]2O[C@@H](O)[C@H](OC(C)=O)[C@@H](OC(C)=O)[C@@H]2OC(C)=O)[C@H](OC(C)=O)[C@@H](OC(C)=O)[C@@H]1OC(C)=O. The van der Waals surface area contributed by atoms with Gasteiger partial charge in [-0.15, -0.1) is 0 Å². The van der Waals surface area contributed by atoms with Crippen LogP contribution in [0.3, 0.4) is 0 Å². The summed E-state index contributed by atoms with van der Waals surface area (Å²) in [6, 6.07) is 0. The maximum absolute atomic E-state index is 12.1. The van der Waals surface area contributed by atoms with Crippen molar-refractivity contribution in [1.29, 1.82) is 0 Å². The number of aliphatic hydroxyl groups is 1. The summed E-state index contributed by atoms with van der Waals surface area (Å²) in [4.78, 5) is 83.0. The molecule has 0 bridgehead atoms. The van der Waals surface area contributed by atoms with Gasteiger partial charge in [0.05, 0.1) is 6.61 Å². The Labute approximate surface area is 251 Å². The standard InChI is InChI=1S/C26H36O18/c1-10(27)35-8-18-20(38-12(3)29)22(40-14(5)31)24(42-16(7)33)26(44-18)36-9-17-19(37-11(2)28)21(39-13(4)30)23(25(34)43-17)41-15(6)32/h17-26,34H,8-9H2,1-7H3/t17-,18+,19+,20+,21-,22-,23+,24+,25+,26-/m0/s1. The van der Waals surface area contributed by atoms with Gasteiger partial charge in [0.2, 0.25) is 0 Å². The summed E-state index contributed by atoms with van der Waals surface area (Å²) in [7, 11) is 0. The van der Waals surface area contributed by atoms with E-state index in [-0.39, 0.29) is 0 Å². The highest BCUT2D eigenvalue weighted by Gasteiger charge is 2.55. The first-order chi connectivity index (χ1) is 20.5. The van der Waals surface area contributed by atoms with E-state index in [1.165, 1.54) is 0 Å². The second-order valence-electron chi connectivity index (χ2n) is 9.69. The van der Waals surface area contributed by atoms with Gasteiger partial charge in [-0.3, -0.25) is 33.6 Å². The molecule has 1 N–H and O–H groups in total. The number of esters is 7. The first kappa shape index (κ1) is 36.3. The van der Waals surface area contributed by atoms with Crippen LogP contribution in [0.1, 0.15) is 48.5 Å². The maximum Gasteiger partial charge on any atom is 0.303 e. The fourth-order valence-corrected chi connectivity index (χ4v) is 4.52. The lowest BCUT2D eigenvalue weighted by Crippen LogP contribution is -2.64. The average molecular weight is 637 g/mol. The third-order valence-corrected chi connectivity index (χ3v) is 5.89. The largest absolute Gasteiger partial charge is 0.463 e. The number of hydrogen-bond acceptors (Lipinski definition) is 18. The molecule has 44 heavy (non-hydrogen) atoms. The molecule has 2 fully saturated rings. The predicted molar refractivity (Wildman–Crippen MR) is 135 cm³/mol. The Hall–Kier alpha value is -3.87. The molecule has 0 aliphatic carbocycles. The molecule has 2 rings (SSSR count). The number of aliphatic hydroxyl groups excluding tert-OH is 1. The van der Waals surface area contributed by atoms with Gasteiger partial charge >= 0.3 is 41.8 Å². The lowest BCUT2D eigenvalue weighted by molar-refractivity contribution is -0.330. The van der Waals surface area contributed by atoms with E-state index < -0.39 is 116 Å². The fraction of sp³-hybridized carbons (Fsp3) is 0.731. The van der Waals surface area contributed by atoms with Crippen molar-refractivity contribution in [3.63, 3.8) is 0 Å². The number of carbonyl (C=O) groups excluding carboxylic acids is 7. The molecule has 2 heterocycles. The average Bonchev–Trinajstić information content (AvgIpc) is 2.87. The van der Waals surface area contributed by atoms with Crippen LogP contribution >= 0.6 is 0 Å². The molecule has 0 radical (unpaired) electrons. The number of ether oxygens (including phenoxy) is 10. The Morgan fingerprint density at radius 3 is 1.27 bits per heavy atom. The van der Waals surface area contributed by atoms with Gasteiger partial charge in [0.1, 0.15) is 18.8 Å². The van der Waals surface area contributed by atoms with Crippen LogP contribution in [0.4, 0.5) is 0 Å². The minimum absolute atomic E-state index is 0.523. The first-order valence-corrected chi connectivity index (χ1v) is 13.3. The first-order valence-electron chi connectivity index (χ1n) is 13.3. The Balaban J connectivity index is 2.48. The minimum atomic E-state index is -1.90. The van der Waals surface area contributed by atoms with Crippen molar-refractivity contribution >= 4 is 41.8 Å². The van der Waals surface area contributed by atoms with Crippen molar-refractivity contribution < 1.29 is 86.0 Å². The van der Waals surface area contributed by atoms with Crippen LogP contribution in [-0.2, 0) is 80.9 Å². The molecular formula is C26H36O18. The summed E-state index contributed by atoms with van der Waals surface area (Å²) in [5.41, 5.74) is 0. The molecular weight excluding hydrogens is 600 g/mol. The van der Waals surface area contributed by atoms with Crippen LogP contribution in [0.2, 0.25) is 0 Å². The summed E-state index contributed by atoms with van der Waals surface area (Å²) in [6.45, 7) is 6.15. The van der Waals surface area contributed by atoms with Gasteiger partial charge < -0.3 is 52.5 Å². The van der Waals surface area contributed by atoms with Crippen molar-refractivity contribution in [2.45, 2.75) is 110 Å². The van der Waals surface area contributed by atoms with Gasteiger partial charge in [0, 0.05) is 48.5 Å². The second kappa shape index (κ2) is 16.3. The third kappa shape index (κ3) is 10.7. The quantitative estimate of drug-likeness (QED) is 0.203. The van der Waals surface area contributed by atoms with Gasteiger partial charge in [-0.05, 0) is 0 Å². The Morgan fingerprint density at radius 2 is 0.841 bits per heavy atom. The summed E-state index contributed by atoms with van der Waals surface area (Å²) in [6.07, 6.45) is -15.6. The molecule has 2 aliphatic rings. The Morgan fingerprint density at radius 1 is 0.477 bits per heavy atom. The Bertz CT molecular complexity index is 1090. The zero-order valence-corrected chi connectivity index (χ0v) is 25.1. The van der Waals surface area contributed by atoms with Crippen LogP contribution in [0.15, 0.2) is 0 Å². The number of rotatable bonds is 11. The van der Waals surface area contributed by atoms with Gasteiger partial charge in [-0.1, -0.05) is 0 Å². The fourth-order valence-electron chi connectivity index (χ4n) is 4.52. The van der Waals surface area contributed by atoms with Crippen LogP contribution in [0, 0.1) is 0 Å². The molecule has 2 saturated heterocycles. The van der Waals surface area contributed by atoms with E-state index in [0.29, 0.717) is 0 Å². The van der Waals surface area contributed by atoms with E-state index in [1.54, 1.807) is 0 Å². The van der Waals surface area contributed by atoms with E-state index in [4.69, 9.17) is 47.4 Å². The number of carbonyl (C=O) groups is 7. The molecule has 18 nitrogen and oxygen atoms in total. The van der Waals surface area contributed by atoms with Crippen LogP contribution in [0.5, 0.6) is 0 Å². The summed E-state index contributed by atoms with van der Waals surface area (Å²) in [5.74, 6) is -5.94. The molecule has 0 amide bonds. The molecule has 0 aromatic carbocycles. The molecule has 0 spiro atoms. The molecule has 248 valence electrons. The van der Waals surface area contributed by atoms with Crippen LogP contribution in [-0.4, -0.2) is 122 Å². The topological polar surface area (TPSA) is 232 Å². The van der Waals surface area contributed by atoms with Crippen molar-refractivity contribution in [3.8, 4) is 0 Å². The summed E-state index contributed by atoms with van der Waals surface area (Å²) < 4.78 is 53.7. The van der Waals surface area contributed by atoms with Gasteiger partial charge in [0.15, 0.2) is 49.2 Å². The van der Waals surface area contributed by atoms with Crippen molar-refractivity contribution in [1.82, 2.24) is 0 Å². The molecule has 0 aromatic rings. The zero-order valence-electron chi connectivity index (χ0n) is 25.1. The van der Waals surface area contributed by atoms with E-state index >= 15 is 0 Å². The third-order valence-electron chi connectivity index (χ3n) is 5.89. The van der Waals surface area contributed by atoms with Crippen molar-refractivity contribution in [2.75, 3.05) is 13.2 Å². The second-order valence-corrected chi connectivity index (χ2v) is 9.69. The van der Waals surface area contributed by atoms with E-state index in [9.17, 15) is 38.7 Å². The van der Waals surface area contributed by atoms with Crippen LogP contribution in [0.25, 0.3) is 0 Å². The molecule has 0 aromatic heterocycles. The van der Waals surface area contributed by atoms with Gasteiger partial charge in [-0.2, -0.15) is 0 Å². The van der Waals surface area contributed by atoms with Gasteiger partial charge in [-0.25, -0.2) is 0 Å². The van der Waals surface area contributed by atoms with E-state index in [0.717, 1.165) is 48.5 Å². The molecule has 0 unspecified atom stereocenters. The lowest BCUT2D eigenvalue weighted by Gasteiger charge is -2.45. The summed E-state index contributed by atoms with van der Waals surface area (Å²) in [5, 5.41) is 10.6. The highest BCUT2D eigenvalue weighted by molar-refractivity contribution is 5.69. The lowest BCUT2D eigenvalue weighted by atomic mass is 9.97. The molecule has 10 atom stereocenters. The molecule has 0 saturated carbocycles. The highest BCUT2D eigenvalue weighted by atomic mass is 16.7. The smallest absolute Gasteiger partial charge is 0.303 e. The maximum atomic E-state index is 12.1. The van der Waals surface area contributed by atoms with Crippen molar-refractivity contribution in [2.24, 2.45) is 0 Å². The zero-order chi connectivity index (χ0) is 33.3. The van der Waals surface area contributed by atoms with Crippen molar-refractivity contribution in [3.05, 3.63) is 0 Å². The molecule has 2 aliphatic heterocycles. The normalized spacial score (nSPS) is 31.5. The highest BCUT2D eigenvalue weighted by Crippen LogP contribution is 2.32. The number of hydrogen-bond donors (Lipinski definition) is 1. The monoisotopic (exact) mass is 636 g/mol.